The molecule has 0 bridgehead atoms. The van der Waals surface area contributed by atoms with Gasteiger partial charge in [-0.2, -0.15) is 5.26 Å². The van der Waals surface area contributed by atoms with Crippen LogP contribution in [-0.4, -0.2) is 20.9 Å². The quantitative estimate of drug-likeness (QED) is 0.393. The fourth-order valence-corrected chi connectivity index (χ4v) is 2.29. The molecule has 0 amide bonds. The van der Waals surface area contributed by atoms with Gasteiger partial charge in [-0.25, -0.2) is 4.98 Å². The molecule has 0 radical (unpaired) electrons. The molecule has 0 N–H and O–H groups in total. The monoisotopic (exact) mass is 322 g/mol. The Morgan fingerprint density at radius 3 is 2.71 bits per heavy atom. The number of imidazole rings is 1. The van der Waals surface area contributed by atoms with E-state index in [2.05, 4.69) is 11.1 Å². The summed E-state index contributed by atoms with van der Waals surface area (Å²) in [5, 5.41) is 19.3. The van der Waals surface area contributed by atoms with Crippen LogP contribution in [0.5, 0.6) is 5.75 Å². The fraction of sp³-hybridized carbons (Fsp3) is 0.176. The van der Waals surface area contributed by atoms with Crippen molar-refractivity contribution in [2.75, 3.05) is 6.61 Å². The zero-order valence-corrected chi connectivity index (χ0v) is 12.8. The van der Waals surface area contributed by atoms with Crippen molar-refractivity contribution in [1.82, 2.24) is 9.38 Å². The van der Waals surface area contributed by atoms with Crippen molar-refractivity contribution in [1.29, 1.82) is 5.26 Å². The molecule has 2 aromatic heterocycles. The van der Waals surface area contributed by atoms with E-state index in [4.69, 9.17) is 10.00 Å². The predicted molar refractivity (Wildman–Crippen MR) is 87.6 cm³/mol. The number of pyridine rings is 1. The average molecular weight is 322 g/mol. The summed E-state index contributed by atoms with van der Waals surface area (Å²) < 4.78 is 7.19. The van der Waals surface area contributed by atoms with Crippen molar-refractivity contribution in [3.63, 3.8) is 0 Å². The summed E-state index contributed by atoms with van der Waals surface area (Å²) in [7, 11) is 0. The van der Waals surface area contributed by atoms with Crippen molar-refractivity contribution < 1.29 is 9.66 Å². The number of nitro groups is 1. The number of nitriles is 1. The van der Waals surface area contributed by atoms with Crippen molar-refractivity contribution >= 4 is 11.3 Å². The van der Waals surface area contributed by atoms with E-state index < -0.39 is 4.92 Å². The molecule has 7 nitrogen and oxygen atoms in total. The highest BCUT2D eigenvalue weighted by Crippen LogP contribution is 2.23. The van der Waals surface area contributed by atoms with Crippen LogP contribution in [0.25, 0.3) is 16.9 Å². The number of hydrogen-bond acceptors (Lipinski definition) is 5. The molecule has 0 unspecified atom stereocenters. The Morgan fingerprint density at radius 2 is 2.00 bits per heavy atom. The van der Waals surface area contributed by atoms with Gasteiger partial charge in [0.1, 0.15) is 11.4 Å². The second-order valence-corrected chi connectivity index (χ2v) is 5.17. The second kappa shape index (κ2) is 6.79. The van der Waals surface area contributed by atoms with Gasteiger partial charge in [-0.3, -0.25) is 14.5 Å². The molecule has 0 aliphatic rings. The molecule has 3 rings (SSSR count). The molecule has 0 atom stereocenters. The molecule has 120 valence electrons. The second-order valence-electron chi connectivity index (χ2n) is 5.17. The number of rotatable bonds is 6. The third-order valence-corrected chi connectivity index (χ3v) is 3.50. The highest BCUT2D eigenvalue weighted by Gasteiger charge is 2.09. The maximum Gasteiger partial charge on any atom is 0.286 e. The molecular weight excluding hydrogens is 308 g/mol. The molecule has 2 heterocycles. The van der Waals surface area contributed by atoms with Crippen LogP contribution < -0.4 is 4.74 Å². The third kappa shape index (κ3) is 3.33. The molecule has 0 saturated carbocycles. The first kappa shape index (κ1) is 15.5. The van der Waals surface area contributed by atoms with Gasteiger partial charge in [0.2, 0.25) is 0 Å². The van der Waals surface area contributed by atoms with Gasteiger partial charge in [-0.1, -0.05) is 0 Å². The zero-order chi connectivity index (χ0) is 16.9. The first-order chi connectivity index (χ1) is 11.7. The minimum atomic E-state index is -0.433. The van der Waals surface area contributed by atoms with Crippen LogP contribution >= 0.6 is 0 Å². The predicted octanol–water partition coefficient (Wildman–Crippen LogP) is 3.59. The van der Waals surface area contributed by atoms with E-state index >= 15 is 0 Å². The maximum absolute atomic E-state index is 10.8. The number of hydrogen-bond donors (Lipinski definition) is 0. The smallest absolute Gasteiger partial charge is 0.286 e. The molecule has 0 fully saturated rings. The lowest BCUT2D eigenvalue weighted by Gasteiger charge is -2.05. The molecule has 24 heavy (non-hydrogen) atoms. The van der Waals surface area contributed by atoms with Crippen molar-refractivity contribution in [3.8, 4) is 23.1 Å². The fourth-order valence-electron chi connectivity index (χ4n) is 2.29. The Kier molecular flexibility index (Phi) is 4.38. The Balaban J connectivity index is 1.77. The van der Waals surface area contributed by atoms with Gasteiger partial charge >= 0.3 is 0 Å². The van der Waals surface area contributed by atoms with E-state index in [9.17, 15) is 10.1 Å². The van der Waals surface area contributed by atoms with Gasteiger partial charge in [0.15, 0.2) is 0 Å². The lowest BCUT2D eigenvalue weighted by Crippen LogP contribution is -1.96. The Morgan fingerprint density at radius 1 is 1.21 bits per heavy atom. The molecule has 0 aliphatic carbocycles. The highest BCUT2D eigenvalue weighted by atomic mass is 16.6. The SMILES string of the molecule is N#CCCCOc1ccc(-c2cn3cc([N+](=O)[O-])ccc3n2)cc1. The topological polar surface area (TPSA) is 93.5 Å². The summed E-state index contributed by atoms with van der Waals surface area (Å²) in [6.07, 6.45) is 4.37. The molecule has 0 aliphatic heterocycles. The van der Waals surface area contributed by atoms with Crippen LogP contribution in [0.15, 0.2) is 48.8 Å². The minimum Gasteiger partial charge on any atom is -0.494 e. The van der Waals surface area contributed by atoms with E-state index in [0.717, 1.165) is 17.0 Å². The van der Waals surface area contributed by atoms with Crippen molar-refractivity contribution in [2.24, 2.45) is 0 Å². The van der Waals surface area contributed by atoms with Crippen molar-refractivity contribution in [3.05, 3.63) is 58.9 Å². The Hall–Kier alpha value is -3.40. The number of nitrogens with zero attached hydrogens (tertiary/aromatic N) is 4. The Labute approximate surface area is 137 Å². The maximum atomic E-state index is 10.8. The van der Waals surface area contributed by atoms with E-state index in [-0.39, 0.29) is 5.69 Å². The molecule has 3 aromatic rings. The summed E-state index contributed by atoms with van der Waals surface area (Å²) in [5.74, 6) is 0.732. The van der Waals surface area contributed by atoms with E-state index in [1.807, 2.05) is 24.3 Å². The molecule has 0 saturated heterocycles. The van der Waals surface area contributed by atoms with Gasteiger partial charge in [0.05, 0.1) is 29.5 Å². The van der Waals surface area contributed by atoms with E-state index in [1.54, 1.807) is 16.7 Å². The number of ether oxygens (including phenoxy) is 1. The van der Waals surface area contributed by atoms with Gasteiger partial charge in [0.25, 0.3) is 5.69 Å². The number of unbranched alkanes of at least 4 members (excludes halogenated alkanes) is 1. The summed E-state index contributed by atoms with van der Waals surface area (Å²) in [6, 6.07) is 12.6. The van der Waals surface area contributed by atoms with Crippen LogP contribution in [0.3, 0.4) is 0 Å². The van der Waals surface area contributed by atoms with Crippen LogP contribution in [0.2, 0.25) is 0 Å². The highest BCUT2D eigenvalue weighted by molar-refractivity contribution is 5.63. The third-order valence-electron chi connectivity index (χ3n) is 3.50. The lowest BCUT2D eigenvalue weighted by molar-refractivity contribution is -0.385. The lowest BCUT2D eigenvalue weighted by atomic mass is 10.2. The number of fused-ring (bicyclic) bond motifs is 1. The summed E-state index contributed by atoms with van der Waals surface area (Å²) in [6.45, 7) is 0.505. The summed E-state index contributed by atoms with van der Waals surface area (Å²) in [4.78, 5) is 14.9. The molecular formula is C17H14N4O3. The van der Waals surface area contributed by atoms with Gasteiger partial charge < -0.3 is 4.74 Å². The number of benzene rings is 1. The molecule has 7 heteroatoms. The van der Waals surface area contributed by atoms with Gasteiger partial charge in [-0.15, -0.1) is 0 Å². The van der Waals surface area contributed by atoms with Gasteiger partial charge in [0, 0.05) is 24.2 Å². The standard InChI is InChI=1S/C17H14N4O3/c18-9-1-2-10-24-15-6-3-13(4-7-15)16-12-20-11-14(21(22)23)5-8-17(20)19-16/h3-8,11-12H,1-2,10H2. The summed E-state index contributed by atoms with van der Waals surface area (Å²) >= 11 is 0. The molecule has 1 aromatic carbocycles. The van der Waals surface area contributed by atoms with Crippen LogP contribution in [0.1, 0.15) is 12.8 Å². The largest absolute Gasteiger partial charge is 0.494 e. The first-order valence-electron chi connectivity index (χ1n) is 7.41. The van der Waals surface area contributed by atoms with Crippen LogP contribution in [0, 0.1) is 21.4 Å². The Bertz CT molecular complexity index is 910. The van der Waals surface area contributed by atoms with Gasteiger partial charge in [-0.05, 0) is 36.8 Å². The van der Waals surface area contributed by atoms with Crippen LogP contribution in [0.4, 0.5) is 5.69 Å². The molecule has 0 spiro atoms. The van der Waals surface area contributed by atoms with E-state index in [0.29, 0.717) is 25.1 Å². The average Bonchev–Trinajstić information content (AvgIpc) is 3.02. The minimum absolute atomic E-state index is 0.0209. The summed E-state index contributed by atoms with van der Waals surface area (Å²) in [5.41, 5.74) is 2.29. The number of aromatic nitrogens is 2. The van der Waals surface area contributed by atoms with E-state index in [1.165, 1.54) is 12.3 Å². The zero-order valence-electron chi connectivity index (χ0n) is 12.8. The first-order valence-corrected chi connectivity index (χ1v) is 7.41. The normalized spacial score (nSPS) is 10.5. The van der Waals surface area contributed by atoms with Crippen LogP contribution in [-0.2, 0) is 0 Å². The van der Waals surface area contributed by atoms with Crippen molar-refractivity contribution in [2.45, 2.75) is 12.8 Å².